The van der Waals surface area contributed by atoms with E-state index < -0.39 is 0 Å². The van der Waals surface area contributed by atoms with E-state index in [1.54, 1.807) is 36.0 Å². The molecule has 1 aliphatic heterocycles. The maximum atomic E-state index is 13.3. The number of carbonyl (C=O) groups excluding carboxylic acids is 2. The zero-order valence-corrected chi connectivity index (χ0v) is 20.4. The normalized spacial score (nSPS) is 15.0. The Morgan fingerprint density at radius 1 is 1.14 bits per heavy atom. The van der Waals surface area contributed by atoms with Crippen LogP contribution in [0.25, 0.3) is 0 Å². The molecule has 3 aromatic rings. The Kier molecular flexibility index (Phi) is 7.48. The monoisotopic (exact) mass is 478 g/mol. The van der Waals surface area contributed by atoms with Crippen LogP contribution in [0.1, 0.15) is 39.3 Å². The van der Waals surface area contributed by atoms with Gasteiger partial charge in [0.2, 0.25) is 0 Å². The SMILES string of the molecule is COc1cccc(C[C@@H](C2CCN(C(=O)c3ccc(F)cc3)CC2)N(C)C(=O)c2ccn(C)n2)c1. The van der Waals surface area contributed by atoms with E-state index in [-0.39, 0.29) is 29.6 Å². The van der Waals surface area contributed by atoms with Gasteiger partial charge in [0.25, 0.3) is 11.8 Å². The number of hydrogen-bond donors (Lipinski definition) is 0. The number of nitrogens with zero attached hydrogens (tertiary/aromatic N) is 4. The molecular formula is C27H31FN4O3. The summed E-state index contributed by atoms with van der Waals surface area (Å²) in [7, 11) is 5.26. The Morgan fingerprint density at radius 3 is 2.49 bits per heavy atom. The number of likely N-dealkylation sites (N-methyl/N-ethyl adjacent to an activating group) is 1. The molecule has 1 saturated heterocycles. The van der Waals surface area contributed by atoms with Gasteiger partial charge >= 0.3 is 0 Å². The number of methoxy groups -OCH3 is 1. The molecular weight excluding hydrogens is 447 g/mol. The van der Waals surface area contributed by atoms with Gasteiger partial charge in [-0.15, -0.1) is 0 Å². The first-order chi connectivity index (χ1) is 16.9. The molecule has 1 aliphatic rings. The van der Waals surface area contributed by atoms with E-state index >= 15 is 0 Å². The summed E-state index contributed by atoms with van der Waals surface area (Å²) >= 11 is 0. The first-order valence-corrected chi connectivity index (χ1v) is 11.8. The molecule has 0 radical (unpaired) electrons. The molecule has 4 rings (SSSR count). The van der Waals surface area contributed by atoms with Crippen molar-refractivity contribution in [3.63, 3.8) is 0 Å². The Hall–Kier alpha value is -3.68. The van der Waals surface area contributed by atoms with E-state index in [4.69, 9.17) is 4.74 Å². The molecule has 0 saturated carbocycles. The molecule has 2 heterocycles. The minimum atomic E-state index is -0.360. The maximum Gasteiger partial charge on any atom is 0.274 e. The molecule has 7 nitrogen and oxygen atoms in total. The molecule has 0 N–H and O–H groups in total. The Labute approximate surface area is 205 Å². The third-order valence-corrected chi connectivity index (χ3v) is 6.79. The minimum absolute atomic E-state index is 0.0697. The van der Waals surface area contributed by atoms with E-state index in [2.05, 4.69) is 5.10 Å². The zero-order valence-electron chi connectivity index (χ0n) is 20.4. The lowest BCUT2D eigenvalue weighted by Crippen LogP contribution is -2.48. The van der Waals surface area contributed by atoms with Crippen molar-refractivity contribution in [1.82, 2.24) is 19.6 Å². The van der Waals surface area contributed by atoms with Crippen LogP contribution in [0.3, 0.4) is 0 Å². The van der Waals surface area contributed by atoms with Gasteiger partial charge in [-0.1, -0.05) is 12.1 Å². The van der Waals surface area contributed by atoms with Crippen molar-refractivity contribution < 1.29 is 18.7 Å². The predicted molar refractivity (Wildman–Crippen MR) is 131 cm³/mol. The lowest BCUT2D eigenvalue weighted by atomic mass is 9.84. The van der Waals surface area contributed by atoms with Crippen LogP contribution in [-0.2, 0) is 13.5 Å². The number of aryl methyl sites for hydroxylation is 1. The quantitative estimate of drug-likeness (QED) is 0.518. The second-order valence-electron chi connectivity index (χ2n) is 9.05. The fraction of sp³-hybridized carbons (Fsp3) is 0.370. The van der Waals surface area contributed by atoms with Crippen molar-refractivity contribution in [3.05, 3.63) is 83.4 Å². The van der Waals surface area contributed by atoms with Gasteiger partial charge in [-0.25, -0.2) is 4.39 Å². The highest BCUT2D eigenvalue weighted by Crippen LogP contribution is 2.29. The number of piperidine rings is 1. The van der Waals surface area contributed by atoms with Gasteiger partial charge in [-0.2, -0.15) is 5.10 Å². The summed E-state index contributed by atoms with van der Waals surface area (Å²) in [5.74, 6) is 0.408. The third kappa shape index (κ3) is 5.70. The van der Waals surface area contributed by atoms with Gasteiger partial charge in [0.1, 0.15) is 17.3 Å². The summed E-state index contributed by atoms with van der Waals surface area (Å²) in [6.07, 6.45) is 3.96. The molecule has 0 bridgehead atoms. The number of rotatable bonds is 7. The van der Waals surface area contributed by atoms with Gasteiger partial charge in [0.05, 0.1) is 7.11 Å². The van der Waals surface area contributed by atoms with Crippen LogP contribution in [0.15, 0.2) is 60.8 Å². The summed E-state index contributed by atoms with van der Waals surface area (Å²) in [6.45, 7) is 1.17. The van der Waals surface area contributed by atoms with E-state index in [0.29, 0.717) is 30.8 Å². The third-order valence-electron chi connectivity index (χ3n) is 6.79. The Balaban J connectivity index is 1.51. The van der Waals surface area contributed by atoms with Crippen LogP contribution < -0.4 is 4.74 Å². The number of aromatic nitrogens is 2. The van der Waals surface area contributed by atoms with Crippen LogP contribution >= 0.6 is 0 Å². The first kappa shape index (κ1) is 24.4. The highest BCUT2D eigenvalue weighted by Gasteiger charge is 2.34. The van der Waals surface area contributed by atoms with E-state index in [1.807, 2.05) is 36.2 Å². The Bertz CT molecular complexity index is 1170. The average Bonchev–Trinajstić information content (AvgIpc) is 3.33. The smallest absolute Gasteiger partial charge is 0.274 e. The Morgan fingerprint density at radius 2 is 1.86 bits per heavy atom. The van der Waals surface area contributed by atoms with Crippen LogP contribution in [0, 0.1) is 11.7 Å². The average molecular weight is 479 g/mol. The van der Waals surface area contributed by atoms with E-state index in [9.17, 15) is 14.0 Å². The number of benzene rings is 2. The number of carbonyl (C=O) groups is 2. The second kappa shape index (κ2) is 10.7. The second-order valence-corrected chi connectivity index (χ2v) is 9.05. The number of halogens is 1. The van der Waals surface area contributed by atoms with Crippen molar-refractivity contribution in [2.75, 3.05) is 27.2 Å². The fourth-order valence-electron chi connectivity index (χ4n) is 4.78. The number of likely N-dealkylation sites (tertiary alicyclic amines) is 1. The molecule has 35 heavy (non-hydrogen) atoms. The minimum Gasteiger partial charge on any atom is -0.497 e. The van der Waals surface area contributed by atoms with Crippen molar-refractivity contribution in [2.45, 2.75) is 25.3 Å². The molecule has 0 unspecified atom stereocenters. The van der Waals surface area contributed by atoms with Crippen molar-refractivity contribution in [1.29, 1.82) is 0 Å². The highest BCUT2D eigenvalue weighted by atomic mass is 19.1. The molecule has 0 aliphatic carbocycles. The summed E-state index contributed by atoms with van der Waals surface area (Å²) in [6, 6.07) is 15.2. The number of amides is 2. The van der Waals surface area contributed by atoms with Gasteiger partial charge in [-0.05, 0) is 73.2 Å². The lowest BCUT2D eigenvalue weighted by molar-refractivity contribution is 0.0518. The summed E-state index contributed by atoms with van der Waals surface area (Å²) < 4.78 is 20.3. The largest absolute Gasteiger partial charge is 0.497 e. The molecule has 2 aromatic carbocycles. The van der Waals surface area contributed by atoms with Crippen LogP contribution in [0.2, 0.25) is 0 Å². The summed E-state index contributed by atoms with van der Waals surface area (Å²) in [5.41, 5.74) is 1.98. The number of hydrogen-bond acceptors (Lipinski definition) is 4. The molecule has 1 aromatic heterocycles. The van der Waals surface area contributed by atoms with Crippen LogP contribution in [0.4, 0.5) is 4.39 Å². The maximum absolute atomic E-state index is 13.3. The van der Waals surface area contributed by atoms with Crippen LogP contribution in [0.5, 0.6) is 5.75 Å². The van der Waals surface area contributed by atoms with Gasteiger partial charge in [-0.3, -0.25) is 14.3 Å². The molecule has 0 spiro atoms. The van der Waals surface area contributed by atoms with Crippen molar-refractivity contribution >= 4 is 11.8 Å². The van der Waals surface area contributed by atoms with Crippen molar-refractivity contribution in [2.24, 2.45) is 13.0 Å². The lowest BCUT2D eigenvalue weighted by Gasteiger charge is -2.40. The predicted octanol–water partition coefficient (Wildman–Crippen LogP) is 3.80. The summed E-state index contributed by atoms with van der Waals surface area (Å²) in [5, 5.41) is 4.29. The van der Waals surface area contributed by atoms with Gasteiger partial charge in [0.15, 0.2) is 0 Å². The topological polar surface area (TPSA) is 67.7 Å². The van der Waals surface area contributed by atoms with Crippen LogP contribution in [-0.4, -0.2) is 64.7 Å². The zero-order chi connectivity index (χ0) is 24.9. The molecule has 1 atom stereocenters. The van der Waals surface area contributed by atoms with Gasteiger partial charge < -0.3 is 14.5 Å². The molecule has 2 amide bonds. The van der Waals surface area contributed by atoms with E-state index in [1.165, 1.54) is 24.3 Å². The molecule has 8 heteroatoms. The number of ether oxygens (including phenoxy) is 1. The first-order valence-electron chi connectivity index (χ1n) is 11.8. The molecule has 1 fully saturated rings. The molecule has 184 valence electrons. The highest BCUT2D eigenvalue weighted by molar-refractivity contribution is 5.94. The summed E-state index contributed by atoms with van der Waals surface area (Å²) in [4.78, 5) is 29.8. The van der Waals surface area contributed by atoms with Crippen molar-refractivity contribution in [3.8, 4) is 5.75 Å². The van der Waals surface area contributed by atoms with Gasteiger partial charge in [0, 0.05) is 45.0 Å². The fourth-order valence-corrected chi connectivity index (χ4v) is 4.78. The van der Waals surface area contributed by atoms with E-state index in [0.717, 1.165) is 24.2 Å². The standard InChI is InChI=1S/C27H31FN4O3/c1-30-14-13-24(29-30)27(34)31(2)25(18-19-5-4-6-23(17-19)35-3)20-11-15-32(16-12-20)26(33)21-7-9-22(28)10-8-21/h4-10,13-14,17,20,25H,11-12,15-16,18H2,1-3H3/t25-/m0/s1.